The lowest BCUT2D eigenvalue weighted by Gasteiger charge is -2.25. The third-order valence-electron chi connectivity index (χ3n) is 3.70. The predicted octanol–water partition coefficient (Wildman–Crippen LogP) is 1.68. The molecule has 21 heavy (non-hydrogen) atoms. The van der Waals surface area contributed by atoms with Crippen LogP contribution in [-0.2, 0) is 0 Å². The molecule has 0 radical (unpaired) electrons. The van der Waals surface area contributed by atoms with Crippen molar-refractivity contribution in [2.24, 2.45) is 5.73 Å². The summed E-state index contributed by atoms with van der Waals surface area (Å²) < 4.78 is 0. The van der Waals surface area contributed by atoms with E-state index >= 15 is 0 Å². The largest absolute Gasteiger partial charge is 0.389 e. The highest BCUT2D eigenvalue weighted by atomic mass is 32.1. The van der Waals surface area contributed by atoms with Gasteiger partial charge in [0.25, 0.3) is 0 Å². The van der Waals surface area contributed by atoms with Gasteiger partial charge < -0.3 is 15.5 Å². The van der Waals surface area contributed by atoms with Crippen LogP contribution in [0.15, 0.2) is 35.8 Å². The molecule has 110 valence electrons. The van der Waals surface area contributed by atoms with Crippen LogP contribution >= 0.6 is 12.2 Å². The Morgan fingerprint density at radius 1 is 1.38 bits per heavy atom. The Morgan fingerprint density at radius 2 is 2.19 bits per heavy atom. The molecule has 1 aliphatic rings. The van der Waals surface area contributed by atoms with Gasteiger partial charge >= 0.3 is 0 Å². The number of hydrogen-bond donors (Lipinski definition) is 1. The second kappa shape index (κ2) is 7.04. The van der Waals surface area contributed by atoms with Crippen molar-refractivity contribution in [1.29, 1.82) is 5.26 Å². The van der Waals surface area contributed by atoms with Gasteiger partial charge in [0.15, 0.2) is 0 Å². The predicted molar refractivity (Wildman–Crippen MR) is 87.7 cm³/mol. The molecule has 0 spiro atoms. The minimum atomic E-state index is 0.170. The van der Waals surface area contributed by atoms with E-state index < -0.39 is 0 Å². The van der Waals surface area contributed by atoms with Crippen LogP contribution in [0.2, 0.25) is 0 Å². The van der Waals surface area contributed by atoms with Gasteiger partial charge in [-0.25, -0.2) is 0 Å². The second-order valence-corrected chi connectivity index (χ2v) is 5.42. The zero-order valence-corrected chi connectivity index (χ0v) is 12.9. The molecule has 1 fully saturated rings. The molecule has 1 aromatic rings. The van der Waals surface area contributed by atoms with Gasteiger partial charge in [-0.3, -0.25) is 4.98 Å². The van der Waals surface area contributed by atoms with Crippen LogP contribution in [0.1, 0.15) is 13.3 Å². The molecule has 0 unspecified atom stereocenters. The van der Waals surface area contributed by atoms with E-state index in [2.05, 4.69) is 26.9 Å². The number of rotatable bonds is 3. The third kappa shape index (κ3) is 3.70. The number of anilines is 1. The van der Waals surface area contributed by atoms with Gasteiger partial charge in [0.1, 0.15) is 16.6 Å². The van der Waals surface area contributed by atoms with Crippen LogP contribution in [0.3, 0.4) is 0 Å². The van der Waals surface area contributed by atoms with Crippen molar-refractivity contribution in [1.82, 2.24) is 9.88 Å². The van der Waals surface area contributed by atoms with Crippen molar-refractivity contribution in [3.63, 3.8) is 0 Å². The van der Waals surface area contributed by atoms with E-state index in [-0.39, 0.29) is 4.99 Å². The Hall–Kier alpha value is -2.13. The van der Waals surface area contributed by atoms with Crippen molar-refractivity contribution in [2.75, 3.05) is 31.1 Å². The number of allylic oxidation sites excluding steroid dienone is 1. The zero-order chi connectivity index (χ0) is 15.2. The highest BCUT2D eigenvalue weighted by Gasteiger charge is 2.18. The molecular weight excluding hydrogens is 282 g/mol. The maximum atomic E-state index is 9.18. The highest BCUT2D eigenvalue weighted by Crippen LogP contribution is 2.18. The van der Waals surface area contributed by atoms with Gasteiger partial charge in [0.2, 0.25) is 0 Å². The van der Waals surface area contributed by atoms with E-state index in [1.165, 1.54) is 0 Å². The van der Waals surface area contributed by atoms with Crippen LogP contribution in [-0.4, -0.2) is 41.1 Å². The van der Waals surface area contributed by atoms with E-state index in [9.17, 15) is 5.26 Å². The van der Waals surface area contributed by atoms with E-state index in [0.717, 1.165) is 44.0 Å². The lowest BCUT2D eigenvalue weighted by Crippen LogP contribution is -2.31. The lowest BCUT2D eigenvalue weighted by atomic mass is 10.2. The quantitative estimate of drug-likeness (QED) is 0.520. The minimum absolute atomic E-state index is 0.170. The summed E-state index contributed by atoms with van der Waals surface area (Å²) in [6, 6.07) is 6.13. The first-order chi connectivity index (χ1) is 10.1. The van der Waals surface area contributed by atoms with Crippen LogP contribution in [0, 0.1) is 11.3 Å². The molecule has 5 nitrogen and oxygen atoms in total. The Bertz CT molecular complexity index is 575. The van der Waals surface area contributed by atoms with E-state index in [4.69, 9.17) is 18.0 Å². The fourth-order valence-electron chi connectivity index (χ4n) is 2.52. The average molecular weight is 301 g/mol. The van der Waals surface area contributed by atoms with Crippen LogP contribution in [0.25, 0.3) is 0 Å². The molecule has 1 aromatic heterocycles. The van der Waals surface area contributed by atoms with Crippen molar-refractivity contribution >= 4 is 22.9 Å². The summed E-state index contributed by atoms with van der Waals surface area (Å²) in [5, 5.41) is 9.18. The SMILES string of the molecule is C/C(=C(\C#N)C(N)=S)N1CCCN(c2cccnc2)CC1. The molecule has 1 aliphatic heterocycles. The first-order valence-electron chi connectivity index (χ1n) is 6.94. The molecule has 0 bridgehead atoms. The molecule has 2 rings (SSSR count). The number of thiocarbonyl (C=S) groups is 1. The van der Waals surface area contributed by atoms with Crippen molar-refractivity contribution in [3.05, 3.63) is 35.8 Å². The standard InChI is InChI=1S/C15H19N5S/c1-12(14(10-16)15(17)21)19-6-3-7-20(9-8-19)13-4-2-5-18-11-13/h2,4-5,11H,3,6-9H2,1H3,(H2,17,21)/b14-12-. The van der Waals surface area contributed by atoms with Crippen molar-refractivity contribution in [2.45, 2.75) is 13.3 Å². The minimum Gasteiger partial charge on any atom is -0.389 e. The summed E-state index contributed by atoms with van der Waals surface area (Å²) in [6.45, 7) is 5.52. The normalized spacial score (nSPS) is 16.8. The summed E-state index contributed by atoms with van der Waals surface area (Å²) in [7, 11) is 0. The van der Waals surface area contributed by atoms with Gasteiger partial charge in [-0.05, 0) is 25.5 Å². The third-order valence-corrected chi connectivity index (χ3v) is 3.91. The Kier molecular flexibility index (Phi) is 5.12. The van der Waals surface area contributed by atoms with Gasteiger partial charge in [-0.2, -0.15) is 5.26 Å². The second-order valence-electron chi connectivity index (χ2n) is 4.98. The average Bonchev–Trinajstić information content (AvgIpc) is 2.74. The number of nitrogens with zero attached hydrogens (tertiary/aromatic N) is 4. The Labute approximate surface area is 130 Å². The molecule has 0 saturated carbocycles. The molecule has 2 N–H and O–H groups in total. The summed E-state index contributed by atoms with van der Waals surface area (Å²) in [6.07, 6.45) is 4.68. The van der Waals surface area contributed by atoms with E-state index in [1.54, 1.807) is 6.20 Å². The number of nitriles is 1. The molecule has 6 heteroatoms. The summed E-state index contributed by atoms with van der Waals surface area (Å²) in [4.78, 5) is 8.84. The van der Waals surface area contributed by atoms with E-state index in [1.807, 2.05) is 19.2 Å². The van der Waals surface area contributed by atoms with E-state index in [0.29, 0.717) is 5.57 Å². The molecule has 2 heterocycles. The van der Waals surface area contributed by atoms with Gasteiger partial charge in [0.05, 0.1) is 11.9 Å². The first kappa shape index (κ1) is 15.3. The Balaban J connectivity index is 2.11. The van der Waals surface area contributed by atoms with Crippen molar-refractivity contribution in [3.8, 4) is 6.07 Å². The van der Waals surface area contributed by atoms with Crippen molar-refractivity contribution < 1.29 is 0 Å². The monoisotopic (exact) mass is 301 g/mol. The maximum absolute atomic E-state index is 9.18. The number of hydrogen-bond acceptors (Lipinski definition) is 5. The highest BCUT2D eigenvalue weighted by molar-refractivity contribution is 7.80. The van der Waals surface area contributed by atoms with Crippen LogP contribution < -0.4 is 10.6 Å². The number of pyridine rings is 1. The molecular formula is C15H19N5S. The molecule has 0 aliphatic carbocycles. The smallest absolute Gasteiger partial charge is 0.116 e. The number of aromatic nitrogens is 1. The fraction of sp³-hybridized carbons (Fsp3) is 0.400. The van der Waals surface area contributed by atoms with Crippen LogP contribution in [0.5, 0.6) is 0 Å². The molecule has 0 atom stereocenters. The van der Waals surface area contributed by atoms with Gasteiger partial charge in [-0.15, -0.1) is 0 Å². The maximum Gasteiger partial charge on any atom is 0.116 e. The molecule has 1 saturated heterocycles. The number of nitrogens with two attached hydrogens (primary N) is 1. The molecule has 0 amide bonds. The van der Waals surface area contributed by atoms with Gasteiger partial charge in [-0.1, -0.05) is 12.2 Å². The zero-order valence-electron chi connectivity index (χ0n) is 12.1. The Morgan fingerprint density at radius 3 is 2.81 bits per heavy atom. The first-order valence-corrected chi connectivity index (χ1v) is 7.35. The fourth-order valence-corrected chi connectivity index (χ4v) is 2.72. The topological polar surface area (TPSA) is 69.2 Å². The summed E-state index contributed by atoms with van der Waals surface area (Å²) in [5.41, 5.74) is 8.04. The molecule has 0 aromatic carbocycles. The lowest BCUT2D eigenvalue weighted by molar-refractivity contribution is 0.369. The summed E-state index contributed by atoms with van der Waals surface area (Å²) in [5.74, 6) is 0. The van der Waals surface area contributed by atoms with Gasteiger partial charge in [0, 0.05) is 38.1 Å². The van der Waals surface area contributed by atoms with Crippen LogP contribution in [0.4, 0.5) is 5.69 Å². The summed E-state index contributed by atoms with van der Waals surface area (Å²) >= 11 is 4.95.